The van der Waals surface area contributed by atoms with Crippen LogP contribution >= 0.6 is 18.9 Å². The lowest BCUT2D eigenvalue weighted by Crippen LogP contribution is -2.01. The van der Waals surface area contributed by atoms with Gasteiger partial charge in [0.15, 0.2) is 0 Å². The van der Waals surface area contributed by atoms with Crippen molar-refractivity contribution in [2.24, 2.45) is 0 Å². The summed E-state index contributed by atoms with van der Waals surface area (Å²) >= 11 is 1.65. The van der Waals surface area contributed by atoms with E-state index in [1.807, 2.05) is 23.6 Å². The number of aryl methyl sites for hydroxylation is 1. The molecule has 0 bridgehead atoms. The third-order valence-corrected chi connectivity index (χ3v) is 4.85. The predicted octanol–water partition coefficient (Wildman–Crippen LogP) is 3.98. The van der Waals surface area contributed by atoms with Crippen LogP contribution in [0.25, 0.3) is 0 Å². The Kier molecular flexibility index (Phi) is 4.59. The summed E-state index contributed by atoms with van der Waals surface area (Å²) < 4.78 is 12.0. The van der Waals surface area contributed by atoms with E-state index in [0.717, 1.165) is 6.42 Å². The molecule has 1 aromatic heterocycles. The Hall–Kier alpha value is -1.09. The maximum absolute atomic E-state index is 12.0. The number of hydrogen-bond acceptors (Lipinski definition) is 2. The van der Waals surface area contributed by atoms with Crippen molar-refractivity contribution in [1.29, 1.82) is 0 Å². The SMILES string of the molecule is O=P(O)(CCCc1ccsc1)Nc1ccccc1. The third kappa shape index (κ3) is 4.30. The van der Waals surface area contributed by atoms with Crippen molar-refractivity contribution < 1.29 is 9.46 Å². The molecule has 2 aromatic rings. The number of hydrogen-bond donors (Lipinski definition) is 2. The molecule has 0 spiro atoms. The van der Waals surface area contributed by atoms with Crippen molar-refractivity contribution in [3.8, 4) is 0 Å². The van der Waals surface area contributed by atoms with Gasteiger partial charge in [-0.05, 0) is 47.4 Å². The Balaban J connectivity index is 1.82. The second kappa shape index (κ2) is 6.19. The number of thiophene rings is 1. The van der Waals surface area contributed by atoms with Gasteiger partial charge >= 0.3 is 0 Å². The van der Waals surface area contributed by atoms with Gasteiger partial charge in [0.2, 0.25) is 0 Å². The first kappa shape index (κ1) is 13.3. The lowest BCUT2D eigenvalue weighted by Gasteiger charge is -2.14. The van der Waals surface area contributed by atoms with Crippen molar-refractivity contribution in [1.82, 2.24) is 0 Å². The van der Waals surface area contributed by atoms with E-state index in [0.29, 0.717) is 12.1 Å². The Morgan fingerprint density at radius 1 is 1.22 bits per heavy atom. The van der Waals surface area contributed by atoms with Gasteiger partial charge < -0.3 is 9.98 Å². The molecule has 18 heavy (non-hydrogen) atoms. The standard InChI is InChI=1S/C13H16NO2PS/c15-17(16,14-13-6-2-1-3-7-13)9-4-5-12-8-10-18-11-12/h1-3,6-8,10-11H,4-5,9H2,(H2,14,15,16). The Labute approximate surface area is 111 Å². The summed E-state index contributed by atoms with van der Waals surface area (Å²) in [7, 11) is -3.28. The number of anilines is 1. The van der Waals surface area contributed by atoms with Crippen LogP contribution in [0, 0.1) is 0 Å². The predicted molar refractivity (Wildman–Crippen MR) is 77.4 cm³/mol. The molecule has 0 aliphatic carbocycles. The van der Waals surface area contributed by atoms with E-state index in [1.54, 1.807) is 23.5 Å². The van der Waals surface area contributed by atoms with Gasteiger partial charge in [-0.25, -0.2) is 0 Å². The van der Waals surface area contributed by atoms with Gasteiger partial charge in [-0.3, -0.25) is 4.57 Å². The summed E-state index contributed by atoms with van der Waals surface area (Å²) in [5.74, 6) is 0. The molecule has 1 aromatic carbocycles. The van der Waals surface area contributed by atoms with E-state index in [1.165, 1.54) is 5.56 Å². The van der Waals surface area contributed by atoms with Crippen LogP contribution in [-0.4, -0.2) is 11.1 Å². The fourth-order valence-electron chi connectivity index (χ4n) is 1.70. The molecule has 0 saturated heterocycles. The zero-order valence-corrected chi connectivity index (χ0v) is 11.7. The summed E-state index contributed by atoms with van der Waals surface area (Å²) in [6, 6.07) is 11.2. The number of rotatable bonds is 6. The lowest BCUT2D eigenvalue weighted by molar-refractivity contribution is 0.482. The van der Waals surface area contributed by atoms with Crippen molar-refractivity contribution in [2.45, 2.75) is 12.8 Å². The number of nitrogens with one attached hydrogen (secondary N) is 1. The topological polar surface area (TPSA) is 49.3 Å². The maximum Gasteiger partial charge on any atom is 0.291 e. The Bertz CT molecular complexity index is 513. The molecule has 0 aliphatic rings. The lowest BCUT2D eigenvalue weighted by atomic mass is 10.2. The van der Waals surface area contributed by atoms with Crippen LogP contribution in [0.2, 0.25) is 0 Å². The second-order valence-corrected chi connectivity index (χ2v) is 6.99. The van der Waals surface area contributed by atoms with Gasteiger partial charge in [-0.2, -0.15) is 11.3 Å². The molecule has 0 radical (unpaired) electrons. The quantitative estimate of drug-likeness (QED) is 0.787. The van der Waals surface area contributed by atoms with Gasteiger partial charge in [-0.15, -0.1) is 0 Å². The Morgan fingerprint density at radius 3 is 2.67 bits per heavy atom. The van der Waals surface area contributed by atoms with Crippen LogP contribution in [0.4, 0.5) is 5.69 Å². The summed E-state index contributed by atoms with van der Waals surface area (Å²) in [5, 5.41) is 6.81. The first-order valence-electron chi connectivity index (χ1n) is 5.82. The van der Waals surface area contributed by atoms with E-state index in [4.69, 9.17) is 0 Å². The first-order chi connectivity index (χ1) is 8.66. The fraction of sp³-hybridized carbons (Fsp3) is 0.231. The highest BCUT2D eigenvalue weighted by Crippen LogP contribution is 2.41. The average molecular weight is 281 g/mol. The van der Waals surface area contributed by atoms with E-state index < -0.39 is 7.52 Å². The minimum absolute atomic E-state index is 0.289. The Morgan fingerprint density at radius 2 is 2.00 bits per heavy atom. The van der Waals surface area contributed by atoms with E-state index in [-0.39, 0.29) is 6.16 Å². The van der Waals surface area contributed by atoms with Crippen molar-refractivity contribution >= 4 is 24.5 Å². The molecule has 1 atom stereocenters. The second-order valence-electron chi connectivity index (χ2n) is 4.14. The molecular weight excluding hydrogens is 265 g/mol. The largest absolute Gasteiger partial charge is 0.329 e. The van der Waals surface area contributed by atoms with Crippen LogP contribution in [-0.2, 0) is 11.0 Å². The summed E-state index contributed by atoms with van der Waals surface area (Å²) in [5.41, 5.74) is 1.93. The highest BCUT2D eigenvalue weighted by molar-refractivity contribution is 7.59. The highest BCUT2D eigenvalue weighted by atomic mass is 32.1. The van der Waals surface area contributed by atoms with Gasteiger partial charge in [0, 0.05) is 11.8 Å². The molecule has 0 aliphatic heterocycles. The molecular formula is C13H16NO2PS. The van der Waals surface area contributed by atoms with Gasteiger partial charge in [0.25, 0.3) is 7.52 Å². The van der Waals surface area contributed by atoms with Gasteiger partial charge in [-0.1, -0.05) is 18.2 Å². The number of benzene rings is 1. The molecule has 0 amide bonds. The van der Waals surface area contributed by atoms with Crippen LogP contribution in [0.1, 0.15) is 12.0 Å². The maximum atomic E-state index is 12.0. The van der Waals surface area contributed by atoms with E-state index in [2.05, 4.69) is 16.5 Å². The van der Waals surface area contributed by atoms with Crippen LogP contribution in [0.3, 0.4) is 0 Å². The molecule has 3 nitrogen and oxygen atoms in total. The summed E-state index contributed by atoms with van der Waals surface area (Å²) in [6.07, 6.45) is 1.85. The van der Waals surface area contributed by atoms with Gasteiger partial charge in [0.1, 0.15) is 0 Å². The molecule has 0 saturated carbocycles. The molecule has 5 heteroatoms. The molecule has 96 valence electrons. The van der Waals surface area contributed by atoms with Gasteiger partial charge in [0.05, 0.1) is 0 Å². The monoisotopic (exact) mass is 281 g/mol. The van der Waals surface area contributed by atoms with Crippen LogP contribution in [0.5, 0.6) is 0 Å². The number of para-hydroxylation sites is 1. The van der Waals surface area contributed by atoms with E-state index in [9.17, 15) is 9.46 Å². The van der Waals surface area contributed by atoms with E-state index >= 15 is 0 Å². The smallest absolute Gasteiger partial charge is 0.291 e. The van der Waals surface area contributed by atoms with Crippen molar-refractivity contribution in [3.05, 3.63) is 52.7 Å². The molecule has 0 fully saturated rings. The molecule has 2 rings (SSSR count). The third-order valence-electron chi connectivity index (χ3n) is 2.58. The summed E-state index contributed by atoms with van der Waals surface area (Å²) in [6.45, 7) is 0. The fourth-order valence-corrected chi connectivity index (χ4v) is 3.66. The van der Waals surface area contributed by atoms with Crippen LogP contribution < -0.4 is 5.09 Å². The highest BCUT2D eigenvalue weighted by Gasteiger charge is 2.17. The summed E-state index contributed by atoms with van der Waals surface area (Å²) in [4.78, 5) is 9.84. The zero-order chi connectivity index (χ0) is 12.8. The average Bonchev–Trinajstić information content (AvgIpc) is 2.82. The zero-order valence-electron chi connectivity index (χ0n) is 9.95. The normalized spacial score (nSPS) is 14.1. The van der Waals surface area contributed by atoms with Crippen molar-refractivity contribution in [2.75, 3.05) is 11.2 Å². The first-order valence-corrected chi connectivity index (χ1v) is 8.61. The molecule has 1 heterocycles. The van der Waals surface area contributed by atoms with Crippen LogP contribution in [0.15, 0.2) is 47.2 Å². The molecule has 1 unspecified atom stereocenters. The minimum Gasteiger partial charge on any atom is -0.329 e. The minimum atomic E-state index is -3.28. The van der Waals surface area contributed by atoms with Crippen molar-refractivity contribution in [3.63, 3.8) is 0 Å². The molecule has 2 N–H and O–H groups in total.